The van der Waals surface area contributed by atoms with E-state index in [9.17, 15) is 18.0 Å². The number of ether oxygens (including phenoxy) is 3. The molecule has 0 aromatic heterocycles. The third kappa shape index (κ3) is 5.41. The first-order valence-corrected chi connectivity index (χ1v) is 11.8. The van der Waals surface area contributed by atoms with Crippen molar-refractivity contribution in [1.82, 2.24) is 4.90 Å². The summed E-state index contributed by atoms with van der Waals surface area (Å²) in [7, 11) is 1.62. The Morgan fingerprint density at radius 3 is 2.60 bits per heavy atom. The van der Waals surface area contributed by atoms with Crippen molar-refractivity contribution in [2.75, 3.05) is 26.8 Å². The average Bonchev–Trinajstić information content (AvgIpc) is 3.32. The zero-order chi connectivity index (χ0) is 25.2. The van der Waals surface area contributed by atoms with Crippen LogP contribution in [0.4, 0.5) is 13.2 Å². The molecule has 2 aromatic rings. The Labute approximate surface area is 203 Å². The van der Waals surface area contributed by atoms with E-state index in [2.05, 4.69) is 6.92 Å². The predicted octanol–water partition coefficient (Wildman–Crippen LogP) is 4.37. The lowest BCUT2D eigenvalue weighted by Crippen LogP contribution is -2.61. The number of hydrogen-bond donors (Lipinski definition) is 1. The van der Waals surface area contributed by atoms with Crippen LogP contribution in [0, 0.1) is 0 Å². The molecule has 190 valence electrons. The van der Waals surface area contributed by atoms with Crippen LogP contribution in [-0.4, -0.2) is 55.4 Å². The van der Waals surface area contributed by atoms with Gasteiger partial charge in [0.25, 0.3) is 0 Å². The number of carbonyl (C=O) groups excluding carboxylic acids is 1. The number of nitrogens with zero attached hydrogens (tertiary/aromatic N) is 1. The highest BCUT2D eigenvalue weighted by atomic mass is 19.4. The molecule has 0 radical (unpaired) electrons. The number of hydrogen-bond acceptors (Lipinski definition) is 5. The Kier molecular flexibility index (Phi) is 7.28. The Balaban J connectivity index is 1.46. The summed E-state index contributed by atoms with van der Waals surface area (Å²) in [5, 5.41) is 0. The van der Waals surface area contributed by atoms with Crippen molar-refractivity contribution in [3.63, 3.8) is 0 Å². The second-order valence-corrected chi connectivity index (χ2v) is 9.32. The number of carbonyl (C=O) groups is 1. The van der Waals surface area contributed by atoms with Gasteiger partial charge in [-0.1, -0.05) is 25.1 Å². The van der Waals surface area contributed by atoms with Gasteiger partial charge in [0.2, 0.25) is 5.91 Å². The molecule has 2 saturated heterocycles. The third-order valence-corrected chi connectivity index (χ3v) is 7.26. The standard InChI is InChI=1S/C26H31F3N2O4/c1-17(18-6-8-20(33-2)9-7-18)23-15-25(24(30)32,11-13-34-23)31-12-10-22(16-31)35-21-5-3-4-19(14-21)26(27,28)29/h3-9,14,17,22-23H,10-13,15-16H2,1-2H3,(H2,30,32)/t17-,22+,23?,25?/m0/s1. The quantitative estimate of drug-likeness (QED) is 0.621. The first-order chi connectivity index (χ1) is 16.6. The molecule has 0 saturated carbocycles. The van der Waals surface area contributed by atoms with Crippen molar-refractivity contribution in [2.24, 2.45) is 5.73 Å². The van der Waals surface area contributed by atoms with Gasteiger partial charge in [0.05, 0.1) is 18.8 Å². The van der Waals surface area contributed by atoms with Gasteiger partial charge in [-0.3, -0.25) is 9.69 Å². The van der Waals surface area contributed by atoms with Gasteiger partial charge in [-0.2, -0.15) is 13.2 Å². The molecule has 35 heavy (non-hydrogen) atoms. The molecule has 0 bridgehead atoms. The Morgan fingerprint density at radius 2 is 1.94 bits per heavy atom. The van der Waals surface area contributed by atoms with Gasteiger partial charge in [0, 0.05) is 32.0 Å². The normalized spacial score (nSPS) is 26.3. The number of halogens is 3. The molecule has 2 aliphatic heterocycles. The number of methoxy groups -OCH3 is 1. The van der Waals surface area contributed by atoms with Gasteiger partial charge < -0.3 is 19.9 Å². The largest absolute Gasteiger partial charge is 0.497 e. The van der Waals surface area contributed by atoms with Gasteiger partial charge in [0.15, 0.2) is 0 Å². The van der Waals surface area contributed by atoms with Gasteiger partial charge in [0.1, 0.15) is 23.1 Å². The highest BCUT2D eigenvalue weighted by Crippen LogP contribution is 2.39. The van der Waals surface area contributed by atoms with Crippen LogP contribution >= 0.6 is 0 Å². The molecule has 2 aromatic carbocycles. The molecule has 0 spiro atoms. The second-order valence-electron chi connectivity index (χ2n) is 9.32. The van der Waals surface area contributed by atoms with Crippen molar-refractivity contribution >= 4 is 5.91 Å². The van der Waals surface area contributed by atoms with Gasteiger partial charge in [-0.25, -0.2) is 0 Å². The molecule has 2 N–H and O–H groups in total. The molecular weight excluding hydrogens is 461 g/mol. The molecule has 2 heterocycles. The maximum Gasteiger partial charge on any atom is 0.416 e. The average molecular weight is 493 g/mol. The zero-order valence-electron chi connectivity index (χ0n) is 19.9. The maximum atomic E-state index is 13.1. The Hall–Kier alpha value is -2.78. The monoisotopic (exact) mass is 492 g/mol. The van der Waals surface area contributed by atoms with Crippen LogP contribution in [-0.2, 0) is 15.7 Å². The number of rotatable bonds is 7. The lowest BCUT2D eigenvalue weighted by Gasteiger charge is -2.46. The number of amides is 1. The minimum atomic E-state index is -4.44. The van der Waals surface area contributed by atoms with Crippen LogP contribution in [0.2, 0.25) is 0 Å². The summed E-state index contributed by atoms with van der Waals surface area (Å²) in [4.78, 5) is 14.8. The fourth-order valence-corrected chi connectivity index (χ4v) is 5.13. The van der Waals surface area contributed by atoms with E-state index in [-0.39, 0.29) is 23.9 Å². The number of primary amides is 1. The molecule has 2 fully saturated rings. The minimum absolute atomic E-state index is 0.0275. The van der Waals surface area contributed by atoms with E-state index in [0.29, 0.717) is 39.0 Å². The summed E-state index contributed by atoms with van der Waals surface area (Å²) in [5.41, 5.74) is 5.40. The van der Waals surface area contributed by atoms with Crippen molar-refractivity contribution < 1.29 is 32.2 Å². The van der Waals surface area contributed by atoms with Crippen molar-refractivity contribution in [3.05, 3.63) is 59.7 Å². The molecule has 2 unspecified atom stereocenters. The zero-order valence-corrected chi connectivity index (χ0v) is 19.9. The Morgan fingerprint density at radius 1 is 1.20 bits per heavy atom. The molecule has 4 atom stereocenters. The van der Waals surface area contributed by atoms with Crippen LogP contribution in [0.1, 0.15) is 43.2 Å². The smallest absolute Gasteiger partial charge is 0.416 e. The van der Waals surface area contributed by atoms with Crippen molar-refractivity contribution in [2.45, 2.75) is 56.0 Å². The molecule has 1 amide bonds. The fourth-order valence-electron chi connectivity index (χ4n) is 5.13. The molecule has 4 rings (SSSR count). The molecule has 2 aliphatic rings. The summed E-state index contributed by atoms with van der Waals surface area (Å²) in [6.45, 7) is 3.43. The summed E-state index contributed by atoms with van der Waals surface area (Å²) in [5.74, 6) is 0.547. The summed E-state index contributed by atoms with van der Waals surface area (Å²) < 4.78 is 56.4. The number of likely N-dealkylation sites (tertiary alicyclic amines) is 1. The number of benzene rings is 2. The fraction of sp³-hybridized carbons (Fsp3) is 0.500. The SMILES string of the molecule is COc1ccc([C@H](C)C2CC(C(N)=O)(N3CC[C@@H](Oc4cccc(C(F)(F)F)c4)C3)CCO2)cc1. The van der Waals surface area contributed by atoms with E-state index >= 15 is 0 Å². The van der Waals surface area contributed by atoms with Crippen LogP contribution in [0.5, 0.6) is 11.5 Å². The highest BCUT2D eigenvalue weighted by molar-refractivity contribution is 5.85. The van der Waals surface area contributed by atoms with Crippen LogP contribution in [0.25, 0.3) is 0 Å². The van der Waals surface area contributed by atoms with Gasteiger partial charge >= 0.3 is 6.18 Å². The first kappa shape index (κ1) is 25.3. The van der Waals surface area contributed by atoms with Gasteiger partial charge in [-0.05, 0) is 48.7 Å². The maximum absolute atomic E-state index is 13.1. The molecule has 6 nitrogen and oxygen atoms in total. The third-order valence-electron chi connectivity index (χ3n) is 7.26. The van der Waals surface area contributed by atoms with Gasteiger partial charge in [-0.15, -0.1) is 0 Å². The summed E-state index contributed by atoms with van der Waals surface area (Å²) in [6.07, 6.45) is -3.50. The predicted molar refractivity (Wildman–Crippen MR) is 124 cm³/mol. The van der Waals surface area contributed by atoms with E-state index in [4.69, 9.17) is 19.9 Å². The molecular formula is C26H31F3N2O4. The second kappa shape index (κ2) is 10.1. The molecule has 9 heteroatoms. The number of nitrogens with two attached hydrogens (primary N) is 1. The topological polar surface area (TPSA) is 74.0 Å². The van der Waals surface area contributed by atoms with Crippen molar-refractivity contribution in [1.29, 1.82) is 0 Å². The van der Waals surface area contributed by atoms with Crippen LogP contribution < -0.4 is 15.2 Å². The highest BCUT2D eigenvalue weighted by Gasteiger charge is 2.50. The van der Waals surface area contributed by atoms with Crippen molar-refractivity contribution in [3.8, 4) is 11.5 Å². The van der Waals surface area contributed by atoms with E-state index in [1.54, 1.807) is 7.11 Å². The lowest BCUT2D eigenvalue weighted by atomic mass is 9.79. The van der Waals surface area contributed by atoms with E-state index in [1.165, 1.54) is 12.1 Å². The summed E-state index contributed by atoms with van der Waals surface area (Å²) in [6, 6.07) is 12.6. The van der Waals surface area contributed by atoms with Crippen LogP contribution in [0.15, 0.2) is 48.5 Å². The van der Waals surface area contributed by atoms with E-state index in [0.717, 1.165) is 23.4 Å². The van der Waals surface area contributed by atoms with Crippen LogP contribution in [0.3, 0.4) is 0 Å². The minimum Gasteiger partial charge on any atom is -0.497 e. The molecule has 0 aliphatic carbocycles. The summed E-state index contributed by atoms with van der Waals surface area (Å²) >= 11 is 0. The number of alkyl halides is 3. The Bertz CT molecular complexity index is 1030. The first-order valence-electron chi connectivity index (χ1n) is 11.8. The lowest BCUT2D eigenvalue weighted by molar-refractivity contribution is -0.142. The van der Waals surface area contributed by atoms with E-state index in [1.807, 2.05) is 29.2 Å². The van der Waals surface area contributed by atoms with E-state index < -0.39 is 23.2 Å².